The van der Waals surface area contributed by atoms with Gasteiger partial charge in [0.2, 0.25) is 11.8 Å². The molecule has 1 fully saturated rings. The summed E-state index contributed by atoms with van der Waals surface area (Å²) in [5, 5.41) is 2.79. The quantitative estimate of drug-likeness (QED) is 0.849. The van der Waals surface area contributed by atoms with Gasteiger partial charge in [-0.1, -0.05) is 0 Å². The van der Waals surface area contributed by atoms with E-state index in [1.54, 1.807) is 17.0 Å². The molecule has 114 valence electrons. The maximum Gasteiger partial charge on any atom is 0.251 e. The summed E-state index contributed by atoms with van der Waals surface area (Å²) in [5.74, 6) is 0.187. The Balaban J connectivity index is 1.87. The van der Waals surface area contributed by atoms with E-state index in [-0.39, 0.29) is 17.9 Å². The van der Waals surface area contributed by atoms with Gasteiger partial charge < -0.3 is 19.7 Å². The molecule has 1 aromatic heterocycles. The van der Waals surface area contributed by atoms with Crippen LogP contribution in [0.1, 0.15) is 17.3 Å². The van der Waals surface area contributed by atoms with Gasteiger partial charge in [0.1, 0.15) is 0 Å². The Hall–Kier alpha value is -2.15. The summed E-state index contributed by atoms with van der Waals surface area (Å²) in [6.07, 6.45) is 1.33. The molecule has 2 heterocycles. The zero-order chi connectivity index (χ0) is 15.2. The van der Waals surface area contributed by atoms with E-state index in [1.807, 2.05) is 0 Å². The Labute approximate surface area is 123 Å². The number of amides is 2. The van der Waals surface area contributed by atoms with E-state index in [9.17, 15) is 9.59 Å². The fourth-order valence-electron chi connectivity index (χ4n) is 2.10. The average molecular weight is 293 g/mol. The number of carbonyl (C=O) groups is 2. The van der Waals surface area contributed by atoms with Crippen molar-refractivity contribution in [1.29, 1.82) is 0 Å². The van der Waals surface area contributed by atoms with Gasteiger partial charge >= 0.3 is 0 Å². The molecule has 1 N–H and O–H groups in total. The van der Waals surface area contributed by atoms with Crippen LogP contribution in [0.15, 0.2) is 18.3 Å². The predicted molar refractivity (Wildman–Crippen MR) is 75.1 cm³/mol. The monoisotopic (exact) mass is 293 g/mol. The number of nitrogens with zero attached hydrogens (tertiary/aromatic N) is 2. The summed E-state index contributed by atoms with van der Waals surface area (Å²) in [4.78, 5) is 29.0. The second kappa shape index (κ2) is 7.03. The fourth-order valence-corrected chi connectivity index (χ4v) is 2.10. The molecule has 0 radical (unpaired) electrons. The number of carbonyl (C=O) groups excluding carboxylic acids is 2. The molecule has 2 amide bonds. The van der Waals surface area contributed by atoms with Crippen molar-refractivity contribution in [1.82, 2.24) is 15.2 Å². The third kappa shape index (κ3) is 4.16. The van der Waals surface area contributed by atoms with E-state index >= 15 is 0 Å². The molecule has 1 aliphatic rings. The van der Waals surface area contributed by atoms with Gasteiger partial charge in [-0.3, -0.25) is 9.59 Å². The standard InChI is InChI=1S/C14H19N3O4/c1-10(18)17-5-6-21-12(9-17)8-16-14(19)11-3-4-15-13(7-11)20-2/h3-4,7,12H,5-6,8-9H2,1-2H3,(H,16,19)/t12-/m1/s1. The van der Waals surface area contributed by atoms with Crippen LogP contribution in [0.5, 0.6) is 5.88 Å². The number of methoxy groups -OCH3 is 1. The SMILES string of the molecule is COc1cc(C(=O)NC[C@@H]2CN(C(C)=O)CCO2)ccn1. The third-order valence-corrected chi connectivity index (χ3v) is 3.28. The van der Waals surface area contributed by atoms with Crippen molar-refractivity contribution < 1.29 is 19.1 Å². The van der Waals surface area contributed by atoms with E-state index in [0.29, 0.717) is 37.7 Å². The van der Waals surface area contributed by atoms with Crippen molar-refractivity contribution in [2.24, 2.45) is 0 Å². The Bertz CT molecular complexity index is 521. The first-order chi connectivity index (χ1) is 10.1. The van der Waals surface area contributed by atoms with E-state index < -0.39 is 0 Å². The summed E-state index contributed by atoms with van der Waals surface area (Å²) in [7, 11) is 1.50. The van der Waals surface area contributed by atoms with Gasteiger partial charge in [-0.2, -0.15) is 0 Å². The Morgan fingerprint density at radius 3 is 3.10 bits per heavy atom. The zero-order valence-corrected chi connectivity index (χ0v) is 12.2. The van der Waals surface area contributed by atoms with E-state index in [1.165, 1.54) is 20.2 Å². The van der Waals surface area contributed by atoms with Crippen LogP contribution in [0.4, 0.5) is 0 Å². The Morgan fingerprint density at radius 2 is 2.38 bits per heavy atom. The number of nitrogens with one attached hydrogen (secondary N) is 1. The molecule has 0 bridgehead atoms. The molecule has 0 unspecified atom stereocenters. The molecule has 1 aliphatic heterocycles. The molecule has 7 heteroatoms. The van der Waals surface area contributed by atoms with Crippen molar-refractivity contribution in [2.45, 2.75) is 13.0 Å². The predicted octanol–water partition coefficient (Wildman–Crippen LogP) is 0.0673. The first-order valence-corrected chi connectivity index (χ1v) is 6.75. The van der Waals surface area contributed by atoms with Crippen molar-refractivity contribution >= 4 is 11.8 Å². The summed E-state index contributed by atoms with van der Waals surface area (Å²) in [6.45, 7) is 3.47. The molecule has 0 spiro atoms. The van der Waals surface area contributed by atoms with E-state index in [4.69, 9.17) is 9.47 Å². The smallest absolute Gasteiger partial charge is 0.251 e. The number of aromatic nitrogens is 1. The number of hydrogen-bond donors (Lipinski definition) is 1. The van der Waals surface area contributed by atoms with Gasteiger partial charge in [0.25, 0.3) is 5.91 Å². The lowest BCUT2D eigenvalue weighted by Gasteiger charge is -2.32. The molecular formula is C14H19N3O4. The molecular weight excluding hydrogens is 274 g/mol. The van der Waals surface area contributed by atoms with Crippen LogP contribution in [0.25, 0.3) is 0 Å². The number of ether oxygens (including phenoxy) is 2. The van der Waals surface area contributed by atoms with Gasteiger partial charge in [0.05, 0.1) is 19.8 Å². The lowest BCUT2D eigenvalue weighted by Crippen LogP contribution is -2.49. The van der Waals surface area contributed by atoms with Gasteiger partial charge in [-0.15, -0.1) is 0 Å². The highest BCUT2D eigenvalue weighted by Crippen LogP contribution is 2.09. The first kappa shape index (κ1) is 15.2. The van der Waals surface area contributed by atoms with Crippen LogP contribution >= 0.6 is 0 Å². The highest BCUT2D eigenvalue weighted by molar-refractivity contribution is 5.94. The lowest BCUT2D eigenvalue weighted by atomic mass is 10.2. The number of hydrogen-bond acceptors (Lipinski definition) is 5. The normalized spacial score (nSPS) is 18.2. The largest absolute Gasteiger partial charge is 0.481 e. The lowest BCUT2D eigenvalue weighted by molar-refractivity contribution is -0.136. The van der Waals surface area contributed by atoms with Gasteiger partial charge in [-0.25, -0.2) is 4.98 Å². The second-order valence-corrected chi connectivity index (χ2v) is 4.75. The van der Waals surface area contributed by atoms with Crippen molar-refractivity contribution in [2.75, 3.05) is 33.4 Å². The summed E-state index contributed by atoms with van der Waals surface area (Å²) in [5.41, 5.74) is 0.473. The molecule has 0 saturated carbocycles. The maximum absolute atomic E-state index is 12.0. The van der Waals surface area contributed by atoms with Crippen molar-refractivity contribution in [3.8, 4) is 5.88 Å². The van der Waals surface area contributed by atoms with Gasteiger partial charge in [-0.05, 0) is 6.07 Å². The highest BCUT2D eigenvalue weighted by Gasteiger charge is 2.22. The average Bonchev–Trinajstić information content (AvgIpc) is 2.53. The first-order valence-electron chi connectivity index (χ1n) is 6.75. The summed E-state index contributed by atoms with van der Waals surface area (Å²) in [6, 6.07) is 3.18. The van der Waals surface area contributed by atoms with Crippen molar-refractivity contribution in [3.63, 3.8) is 0 Å². The molecule has 21 heavy (non-hydrogen) atoms. The molecule has 1 saturated heterocycles. The summed E-state index contributed by atoms with van der Waals surface area (Å²) < 4.78 is 10.5. The van der Waals surface area contributed by atoms with Crippen LogP contribution in [-0.4, -0.2) is 61.2 Å². The minimum atomic E-state index is -0.223. The summed E-state index contributed by atoms with van der Waals surface area (Å²) >= 11 is 0. The van der Waals surface area contributed by atoms with Crippen LogP contribution < -0.4 is 10.1 Å². The molecule has 1 atom stereocenters. The molecule has 1 aromatic rings. The minimum absolute atomic E-state index is 0.0218. The van der Waals surface area contributed by atoms with Crippen LogP contribution in [0.3, 0.4) is 0 Å². The zero-order valence-electron chi connectivity index (χ0n) is 12.2. The Kier molecular flexibility index (Phi) is 5.10. The maximum atomic E-state index is 12.0. The molecule has 0 aliphatic carbocycles. The van der Waals surface area contributed by atoms with Crippen LogP contribution in [0.2, 0.25) is 0 Å². The third-order valence-electron chi connectivity index (χ3n) is 3.28. The molecule has 2 rings (SSSR count). The van der Waals surface area contributed by atoms with Crippen LogP contribution in [0, 0.1) is 0 Å². The van der Waals surface area contributed by atoms with Crippen molar-refractivity contribution in [3.05, 3.63) is 23.9 Å². The Morgan fingerprint density at radius 1 is 1.57 bits per heavy atom. The molecule has 0 aromatic carbocycles. The topological polar surface area (TPSA) is 80.8 Å². The van der Waals surface area contributed by atoms with Gasteiger partial charge in [0.15, 0.2) is 0 Å². The fraction of sp³-hybridized carbons (Fsp3) is 0.500. The molecule has 7 nitrogen and oxygen atoms in total. The van der Waals surface area contributed by atoms with Gasteiger partial charge in [0, 0.05) is 44.4 Å². The minimum Gasteiger partial charge on any atom is -0.481 e. The van der Waals surface area contributed by atoms with E-state index in [2.05, 4.69) is 10.3 Å². The van der Waals surface area contributed by atoms with Crippen LogP contribution in [-0.2, 0) is 9.53 Å². The number of pyridine rings is 1. The highest BCUT2D eigenvalue weighted by atomic mass is 16.5. The number of morpholine rings is 1. The second-order valence-electron chi connectivity index (χ2n) is 4.75. The van der Waals surface area contributed by atoms with E-state index in [0.717, 1.165) is 0 Å². The number of rotatable bonds is 4.